The van der Waals surface area contributed by atoms with Crippen molar-refractivity contribution in [2.24, 2.45) is 10.1 Å². The Morgan fingerprint density at radius 2 is 1.85 bits per heavy atom. The zero-order valence-electron chi connectivity index (χ0n) is 15.3. The van der Waals surface area contributed by atoms with Gasteiger partial charge in [-0.05, 0) is 52.9 Å². The molecule has 0 saturated carbocycles. The molecule has 0 radical (unpaired) electrons. The van der Waals surface area contributed by atoms with Crippen LogP contribution in [-0.2, 0) is 0 Å². The van der Waals surface area contributed by atoms with Crippen LogP contribution in [0.2, 0.25) is 0 Å². The molecule has 0 saturated heterocycles. The first-order chi connectivity index (χ1) is 13.2. The standard InChI is InChI=1S/C21H19N3OS2/c1-14-8-9-26-20(14)12-23-24-19(13-27-21(24)22-2)17-5-4-16-11-18(25-3)7-6-15(16)10-17/h4-13H,1-3H3. The van der Waals surface area contributed by atoms with Crippen LogP contribution in [0.3, 0.4) is 0 Å². The number of aromatic nitrogens is 1. The predicted octanol–water partition coefficient (Wildman–Crippen LogP) is 5.16. The number of ether oxygens (including phenoxy) is 1. The molecule has 0 fully saturated rings. The van der Waals surface area contributed by atoms with Crippen molar-refractivity contribution < 1.29 is 4.74 Å². The molecule has 0 N–H and O–H groups in total. The molecule has 0 atom stereocenters. The zero-order chi connectivity index (χ0) is 18.8. The molecule has 0 spiro atoms. The van der Waals surface area contributed by atoms with Crippen molar-refractivity contribution in [3.05, 3.63) is 68.5 Å². The second-order valence-electron chi connectivity index (χ2n) is 6.08. The zero-order valence-corrected chi connectivity index (χ0v) is 17.0. The third-order valence-electron chi connectivity index (χ3n) is 4.41. The van der Waals surface area contributed by atoms with Crippen LogP contribution in [0.15, 0.2) is 63.3 Å². The molecule has 2 heterocycles. The van der Waals surface area contributed by atoms with Crippen molar-refractivity contribution in [1.29, 1.82) is 0 Å². The molecule has 2 aromatic carbocycles. The van der Waals surface area contributed by atoms with Gasteiger partial charge in [0.05, 0.1) is 23.9 Å². The summed E-state index contributed by atoms with van der Waals surface area (Å²) in [6, 6.07) is 14.6. The Bertz CT molecular complexity index is 1200. The van der Waals surface area contributed by atoms with E-state index in [4.69, 9.17) is 9.84 Å². The van der Waals surface area contributed by atoms with Crippen molar-refractivity contribution >= 4 is 39.7 Å². The fourth-order valence-electron chi connectivity index (χ4n) is 2.90. The summed E-state index contributed by atoms with van der Waals surface area (Å²) in [6.07, 6.45) is 1.91. The lowest BCUT2D eigenvalue weighted by Gasteiger charge is -2.07. The quantitative estimate of drug-likeness (QED) is 0.441. The Morgan fingerprint density at radius 1 is 1.04 bits per heavy atom. The van der Waals surface area contributed by atoms with E-state index in [2.05, 4.69) is 53.0 Å². The van der Waals surface area contributed by atoms with Crippen LogP contribution in [0.5, 0.6) is 5.75 Å². The van der Waals surface area contributed by atoms with Gasteiger partial charge in [-0.3, -0.25) is 4.99 Å². The van der Waals surface area contributed by atoms with Crippen molar-refractivity contribution in [3.63, 3.8) is 0 Å². The van der Waals surface area contributed by atoms with Crippen molar-refractivity contribution in [2.45, 2.75) is 6.92 Å². The summed E-state index contributed by atoms with van der Waals surface area (Å²) < 4.78 is 7.23. The highest BCUT2D eigenvalue weighted by Crippen LogP contribution is 2.27. The maximum Gasteiger partial charge on any atom is 0.205 e. The third-order valence-corrected chi connectivity index (χ3v) is 6.27. The average Bonchev–Trinajstić information content (AvgIpc) is 3.30. The second-order valence-corrected chi connectivity index (χ2v) is 7.86. The summed E-state index contributed by atoms with van der Waals surface area (Å²) in [5.41, 5.74) is 3.37. The molecule has 27 heavy (non-hydrogen) atoms. The number of nitrogens with zero attached hydrogens (tertiary/aromatic N) is 3. The Balaban J connectivity index is 1.80. The van der Waals surface area contributed by atoms with Gasteiger partial charge < -0.3 is 4.74 Å². The van der Waals surface area contributed by atoms with E-state index in [1.807, 2.05) is 23.0 Å². The van der Waals surface area contributed by atoms with E-state index in [1.54, 1.807) is 36.8 Å². The number of hydrogen-bond acceptors (Lipinski definition) is 5. The molecule has 0 bridgehead atoms. The van der Waals surface area contributed by atoms with E-state index in [0.29, 0.717) is 0 Å². The normalized spacial score (nSPS) is 12.3. The van der Waals surface area contributed by atoms with Gasteiger partial charge in [0, 0.05) is 18.0 Å². The maximum atomic E-state index is 5.32. The van der Waals surface area contributed by atoms with Gasteiger partial charge in [-0.25, -0.2) is 4.68 Å². The van der Waals surface area contributed by atoms with Crippen molar-refractivity contribution in [2.75, 3.05) is 14.2 Å². The summed E-state index contributed by atoms with van der Waals surface area (Å²) in [4.78, 5) is 6.40. The minimum absolute atomic E-state index is 0.865. The van der Waals surface area contributed by atoms with E-state index in [0.717, 1.165) is 32.1 Å². The van der Waals surface area contributed by atoms with Crippen LogP contribution in [0.25, 0.3) is 22.0 Å². The molecule has 0 aliphatic heterocycles. The molecule has 0 aliphatic carbocycles. The Morgan fingerprint density at radius 3 is 2.59 bits per heavy atom. The van der Waals surface area contributed by atoms with Gasteiger partial charge in [0.15, 0.2) is 0 Å². The monoisotopic (exact) mass is 393 g/mol. The summed E-state index contributed by atoms with van der Waals surface area (Å²) in [6.45, 7) is 2.10. The minimum atomic E-state index is 0.865. The van der Waals surface area contributed by atoms with Gasteiger partial charge in [0.25, 0.3) is 0 Å². The number of thiazole rings is 1. The molecule has 0 unspecified atom stereocenters. The SMILES string of the molecule is CN=c1scc(-c2ccc3cc(OC)ccc3c2)n1N=Cc1sccc1C. The summed E-state index contributed by atoms with van der Waals surface area (Å²) >= 11 is 3.28. The first-order valence-electron chi connectivity index (χ1n) is 8.49. The first-order valence-corrected chi connectivity index (χ1v) is 10.3. The van der Waals surface area contributed by atoms with Crippen molar-refractivity contribution in [3.8, 4) is 17.0 Å². The van der Waals surface area contributed by atoms with Crippen LogP contribution in [-0.4, -0.2) is 25.0 Å². The second kappa shape index (κ2) is 7.50. The first kappa shape index (κ1) is 17.7. The molecule has 4 aromatic rings. The van der Waals surface area contributed by atoms with E-state index in [9.17, 15) is 0 Å². The van der Waals surface area contributed by atoms with Crippen LogP contribution in [0.4, 0.5) is 0 Å². The number of methoxy groups -OCH3 is 1. The number of rotatable bonds is 4. The van der Waals surface area contributed by atoms with Crippen LogP contribution >= 0.6 is 22.7 Å². The molecule has 2 aromatic heterocycles. The largest absolute Gasteiger partial charge is 0.497 e. The molecule has 4 rings (SSSR count). The minimum Gasteiger partial charge on any atom is -0.497 e. The lowest BCUT2D eigenvalue weighted by Crippen LogP contribution is -2.11. The number of benzene rings is 2. The molecule has 4 nitrogen and oxygen atoms in total. The van der Waals surface area contributed by atoms with E-state index in [-0.39, 0.29) is 0 Å². The Kier molecular flexibility index (Phi) is 4.92. The fourth-order valence-corrected chi connectivity index (χ4v) is 4.48. The molecule has 136 valence electrons. The summed E-state index contributed by atoms with van der Waals surface area (Å²) in [5, 5.41) is 11.2. The summed E-state index contributed by atoms with van der Waals surface area (Å²) in [5.74, 6) is 0.865. The van der Waals surface area contributed by atoms with Gasteiger partial charge >= 0.3 is 0 Å². The predicted molar refractivity (Wildman–Crippen MR) is 115 cm³/mol. The third kappa shape index (κ3) is 3.46. The average molecular weight is 394 g/mol. The highest BCUT2D eigenvalue weighted by atomic mass is 32.1. The molecule has 0 aliphatic rings. The molecule has 0 amide bonds. The van der Waals surface area contributed by atoms with Gasteiger partial charge in [-0.15, -0.1) is 22.7 Å². The Hall–Kier alpha value is -2.70. The lowest BCUT2D eigenvalue weighted by molar-refractivity contribution is 0.415. The van der Waals surface area contributed by atoms with Gasteiger partial charge in [-0.2, -0.15) is 5.10 Å². The van der Waals surface area contributed by atoms with Crippen LogP contribution < -0.4 is 9.54 Å². The highest BCUT2D eigenvalue weighted by molar-refractivity contribution is 7.11. The maximum absolute atomic E-state index is 5.32. The number of fused-ring (bicyclic) bond motifs is 1. The molecular formula is C21H19N3OS2. The smallest absolute Gasteiger partial charge is 0.205 e. The van der Waals surface area contributed by atoms with Gasteiger partial charge in [-0.1, -0.05) is 18.2 Å². The van der Waals surface area contributed by atoms with Crippen LogP contribution in [0.1, 0.15) is 10.4 Å². The van der Waals surface area contributed by atoms with E-state index in [1.165, 1.54) is 10.9 Å². The van der Waals surface area contributed by atoms with Crippen molar-refractivity contribution in [1.82, 2.24) is 4.68 Å². The number of hydrogen-bond donors (Lipinski definition) is 0. The van der Waals surface area contributed by atoms with Crippen LogP contribution in [0, 0.1) is 6.92 Å². The van der Waals surface area contributed by atoms with E-state index >= 15 is 0 Å². The topological polar surface area (TPSA) is 38.9 Å². The molecule has 6 heteroatoms. The lowest BCUT2D eigenvalue weighted by atomic mass is 10.1. The number of thiophene rings is 1. The van der Waals surface area contributed by atoms with Gasteiger partial charge in [0.2, 0.25) is 4.80 Å². The summed E-state index contributed by atoms with van der Waals surface area (Å²) in [7, 11) is 3.48. The molecular weight excluding hydrogens is 374 g/mol. The number of aryl methyl sites for hydroxylation is 1. The van der Waals surface area contributed by atoms with Gasteiger partial charge in [0.1, 0.15) is 5.75 Å². The van der Waals surface area contributed by atoms with E-state index < -0.39 is 0 Å². The fraction of sp³-hybridized carbons (Fsp3) is 0.143. The Labute approximate surface area is 165 Å². The highest BCUT2D eigenvalue weighted by Gasteiger charge is 2.09.